The minimum absolute atomic E-state index is 0.0285. The normalized spacial score (nSPS) is 12.1. The maximum absolute atomic E-state index is 11.1. The van der Waals surface area contributed by atoms with Gasteiger partial charge in [-0.05, 0) is 19.3 Å². The number of nitrogens with two attached hydrogens (primary N) is 1. The van der Waals surface area contributed by atoms with Crippen molar-refractivity contribution in [2.24, 2.45) is 5.73 Å². The third-order valence-electron chi connectivity index (χ3n) is 2.09. The van der Waals surface area contributed by atoms with Gasteiger partial charge in [0.15, 0.2) is 0 Å². The van der Waals surface area contributed by atoms with Gasteiger partial charge in [-0.15, -0.1) is 0 Å². The van der Waals surface area contributed by atoms with Gasteiger partial charge in [0.2, 0.25) is 5.91 Å². The van der Waals surface area contributed by atoms with Gasteiger partial charge in [0.25, 0.3) is 0 Å². The molecule has 5 heteroatoms. The van der Waals surface area contributed by atoms with Crippen LogP contribution in [-0.4, -0.2) is 29.6 Å². The quantitative estimate of drug-likeness (QED) is 0.515. The van der Waals surface area contributed by atoms with E-state index in [0.29, 0.717) is 25.8 Å². The summed E-state index contributed by atoms with van der Waals surface area (Å²) in [5.41, 5.74) is 5.30. The largest absolute Gasteiger partial charge is 0.480 e. The van der Waals surface area contributed by atoms with Crippen molar-refractivity contribution in [1.29, 1.82) is 0 Å². The highest BCUT2D eigenvalue weighted by atomic mass is 16.4. The fourth-order valence-electron chi connectivity index (χ4n) is 1.10. The second-order valence-electron chi connectivity index (χ2n) is 3.54. The third-order valence-corrected chi connectivity index (χ3v) is 2.09. The molecular weight excluding hydrogens is 196 g/mol. The minimum atomic E-state index is -0.993. The lowest BCUT2D eigenvalue weighted by molar-refractivity contribution is -0.138. The van der Waals surface area contributed by atoms with Crippen LogP contribution in [0.1, 0.15) is 39.0 Å². The van der Waals surface area contributed by atoms with Crippen molar-refractivity contribution in [3.8, 4) is 0 Å². The maximum Gasteiger partial charge on any atom is 0.320 e. The Morgan fingerprint density at radius 1 is 1.40 bits per heavy atom. The Bertz CT molecular complexity index is 207. The molecular formula is C10H20N2O3. The summed E-state index contributed by atoms with van der Waals surface area (Å²) in [5.74, 6) is -0.965. The Labute approximate surface area is 90.0 Å². The zero-order valence-corrected chi connectivity index (χ0v) is 9.16. The molecule has 0 bridgehead atoms. The molecule has 15 heavy (non-hydrogen) atoms. The lowest BCUT2D eigenvalue weighted by Crippen LogP contribution is -2.32. The van der Waals surface area contributed by atoms with Crippen LogP contribution in [0, 0.1) is 0 Å². The van der Waals surface area contributed by atoms with Gasteiger partial charge in [-0.1, -0.05) is 13.3 Å². The van der Waals surface area contributed by atoms with Crippen LogP contribution in [0.2, 0.25) is 0 Å². The van der Waals surface area contributed by atoms with E-state index < -0.39 is 12.0 Å². The van der Waals surface area contributed by atoms with Gasteiger partial charge >= 0.3 is 5.97 Å². The van der Waals surface area contributed by atoms with E-state index in [9.17, 15) is 9.59 Å². The Morgan fingerprint density at radius 2 is 2.07 bits per heavy atom. The van der Waals surface area contributed by atoms with E-state index in [4.69, 9.17) is 10.8 Å². The molecule has 1 atom stereocenters. The molecule has 0 saturated heterocycles. The minimum Gasteiger partial charge on any atom is -0.480 e. The van der Waals surface area contributed by atoms with Crippen molar-refractivity contribution >= 4 is 11.9 Å². The van der Waals surface area contributed by atoms with Crippen LogP contribution in [0.4, 0.5) is 0 Å². The molecule has 4 N–H and O–H groups in total. The lowest BCUT2D eigenvalue weighted by Gasteiger charge is -2.07. The molecule has 1 amide bonds. The number of rotatable bonds is 8. The highest BCUT2D eigenvalue weighted by molar-refractivity contribution is 5.75. The van der Waals surface area contributed by atoms with Gasteiger partial charge in [-0.3, -0.25) is 9.59 Å². The molecule has 0 aliphatic rings. The summed E-state index contributed by atoms with van der Waals surface area (Å²) in [5, 5.41) is 11.2. The molecule has 1 unspecified atom stereocenters. The lowest BCUT2D eigenvalue weighted by atomic mass is 10.1. The van der Waals surface area contributed by atoms with Crippen molar-refractivity contribution < 1.29 is 14.7 Å². The number of unbranched alkanes of at least 4 members (excludes halogenated alkanes) is 1. The summed E-state index contributed by atoms with van der Waals surface area (Å²) in [6.07, 6.45) is 3.42. The highest BCUT2D eigenvalue weighted by Crippen LogP contribution is 1.95. The van der Waals surface area contributed by atoms with Crippen LogP contribution in [0.3, 0.4) is 0 Å². The Kier molecular flexibility index (Phi) is 7.62. The van der Waals surface area contributed by atoms with Crippen molar-refractivity contribution in [2.45, 2.75) is 45.1 Å². The smallest absolute Gasteiger partial charge is 0.320 e. The zero-order valence-electron chi connectivity index (χ0n) is 9.16. The molecule has 0 heterocycles. The number of hydrogen-bond donors (Lipinski definition) is 3. The van der Waals surface area contributed by atoms with E-state index in [1.54, 1.807) is 0 Å². The predicted molar refractivity (Wildman–Crippen MR) is 57.4 cm³/mol. The number of hydrogen-bond acceptors (Lipinski definition) is 3. The van der Waals surface area contributed by atoms with Crippen molar-refractivity contribution in [1.82, 2.24) is 5.32 Å². The molecule has 0 rings (SSSR count). The zero-order chi connectivity index (χ0) is 11.7. The number of nitrogens with one attached hydrogen (secondary N) is 1. The van der Waals surface area contributed by atoms with Crippen LogP contribution < -0.4 is 11.1 Å². The third kappa shape index (κ3) is 7.93. The number of carbonyl (C=O) groups excluding carboxylic acids is 1. The predicted octanol–water partition coefficient (Wildman–Crippen LogP) is 0.485. The fraction of sp³-hybridized carbons (Fsp3) is 0.800. The second kappa shape index (κ2) is 8.23. The average molecular weight is 216 g/mol. The molecule has 0 saturated carbocycles. The first-order valence-electron chi connectivity index (χ1n) is 5.33. The summed E-state index contributed by atoms with van der Waals surface area (Å²) < 4.78 is 0. The highest BCUT2D eigenvalue weighted by Gasteiger charge is 2.10. The van der Waals surface area contributed by atoms with E-state index in [2.05, 4.69) is 5.32 Å². The van der Waals surface area contributed by atoms with Crippen molar-refractivity contribution in [3.05, 3.63) is 0 Å². The number of amides is 1. The molecule has 0 aromatic rings. The molecule has 0 aromatic carbocycles. The Hall–Kier alpha value is -1.10. The van der Waals surface area contributed by atoms with E-state index in [1.807, 2.05) is 6.92 Å². The molecule has 0 aliphatic carbocycles. The van der Waals surface area contributed by atoms with Crippen LogP contribution in [-0.2, 0) is 9.59 Å². The summed E-state index contributed by atoms with van der Waals surface area (Å²) in [4.78, 5) is 21.5. The van der Waals surface area contributed by atoms with Crippen LogP contribution in [0.25, 0.3) is 0 Å². The molecule has 5 nitrogen and oxygen atoms in total. The molecule has 0 aliphatic heterocycles. The second-order valence-corrected chi connectivity index (χ2v) is 3.54. The van der Waals surface area contributed by atoms with E-state index in [0.717, 1.165) is 12.8 Å². The number of carboxylic acids is 1. The first kappa shape index (κ1) is 13.9. The fourth-order valence-corrected chi connectivity index (χ4v) is 1.10. The SMILES string of the molecule is CCCCC(=O)NCCCC(N)C(=O)O. The Morgan fingerprint density at radius 3 is 2.60 bits per heavy atom. The summed E-state index contributed by atoms with van der Waals surface area (Å²) in [6.45, 7) is 2.53. The molecule has 0 fully saturated rings. The van der Waals surface area contributed by atoms with E-state index in [1.165, 1.54) is 0 Å². The molecule has 0 spiro atoms. The topological polar surface area (TPSA) is 92.4 Å². The molecule has 88 valence electrons. The van der Waals surface area contributed by atoms with Crippen LogP contribution in [0.5, 0.6) is 0 Å². The standard InChI is InChI=1S/C10H20N2O3/c1-2-3-6-9(13)12-7-4-5-8(11)10(14)15/h8H,2-7,11H2,1H3,(H,12,13)(H,14,15). The van der Waals surface area contributed by atoms with Gasteiger partial charge < -0.3 is 16.2 Å². The van der Waals surface area contributed by atoms with Crippen LogP contribution >= 0.6 is 0 Å². The van der Waals surface area contributed by atoms with Gasteiger partial charge in [-0.2, -0.15) is 0 Å². The number of aliphatic carboxylic acids is 1. The monoisotopic (exact) mass is 216 g/mol. The first-order valence-corrected chi connectivity index (χ1v) is 5.33. The molecule has 0 aromatic heterocycles. The Balaban J connectivity index is 3.38. The number of carboxylic acid groups (broad SMARTS) is 1. The van der Waals surface area contributed by atoms with Crippen LogP contribution in [0.15, 0.2) is 0 Å². The van der Waals surface area contributed by atoms with Gasteiger partial charge in [-0.25, -0.2) is 0 Å². The van der Waals surface area contributed by atoms with Crippen molar-refractivity contribution in [3.63, 3.8) is 0 Å². The van der Waals surface area contributed by atoms with E-state index >= 15 is 0 Å². The average Bonchev–Trinajstić information content (AvgIpc) is 2.20. The van der Waals surface area contributed by atoms with E-state index in [-0.39, 0.29) is 5.91 Å². The summed E-state index contributed by atoms with van der Waals surface area (Å²) in [7, 11) is 0. The number of carbonyl (C=O) groups is 2. The summed E-state index contributed by atoms with van der Waals surface area (Å²) in [6, 6.07) is -0.822. The van der Waals surface area contributed by atoms with Gasteiger partial charge in [0.1, 0.15) is 6.04 Å². The van der Waals surface area contributed by atoms with Gasteiger partial charge in [0, 0.05) is 13.0 Å². The maximum atomic E-state index is 11.1. The first-order chi connectivity index (χ1) is 7.07. The summed E-state index contributed by atoms with van der Waals surface area (Å²) >= 11 is 0. The molecule has 0 radical (unpaired) electrons. The van der Waals surface area contributed by atoms with Gasteiger partial charge in [0.05, 0.1) is 0 Å². The van der Waals surface area contributed by atoms with Crippen molar-refractivity contribution in [2.75, 3.05) is 6.54 Å².